The average molecular weight is 334 g/mol. The maximum Gasteiger partial charge on any atom is 0.204 e. The van der Waals surface area contributed by atoms with Gasteiger partial charge in [-0.25, -0.2) is 9.82 Å². The van der Waals surface area contributed by atoms with E-state index < -0.39 is 0 Å². The molecule has 1 aliphatic heterocycles. The van der Waals surface area contributed by atoms with E-state index in [0.717, 1.165) is 43.0 Å². The lowest BCUT2D eigenvalue weighted by atomic mass is 10.0. The van der Waals surface area contributed by atoms with Crippen molar-refractivity contribution < 1.29 is 10.3 Å². The van der Waals surface area contributed by atoms with Crippen molar-refractivity contribution in [2.75, 3.05) is 25.1 Å². The fourth-order valence-corrected chi connectivity index (χ4v) is 2.99. The number of aromatic nitrogens is 1. The third-order valence-corrected chi connectivity index (χ3v) is 4.28. The van der Waals surface area contributed by atoms with Gasteiger partial charge in [0, 0.05) is 30.9 Å². The van der Waals surface area contributed by atoms with E-state index in [9.17, 15) is 0 Å². The summed E-state index contributed by atoms with van der Waals surface area (Å²) in [5.41, 5.74) is 6.50. The minimum atomic E-state index is 0.958. The summed E-state index contributed by atoms with van der Waals surface area (Å²) in [6, 6.07) is 12.3. The van der Waals surface area contributed by atoms with Crippen LogP contribution in [0.3, 0.4) is 0 Å². The van der Waals surface area contributed by atoms with Gasteiger partial charge in [0.25, 0.3) is 0 Å². The molecule has 0 aliphatic carbocycles. The number of quaternary nitrogens is 1. The zero-order valence-corrected chi connectivity index (χ0v) is 14.8. The van der Waals surface area contributed by atoms with E-state index >= 15 is 0 Å². The molecular formula is C21H24N3O+. The Morgan fingerprint density at radius 3 is 2.80 bits per heavy atom. The van der Waals surface area contributed by atoms with E-state index in [0.29, 0.717) is 0 Å². The van der Waals surface area contributed by atoms with Gasteiger partial charge in [-0.1, -0.05) is 29.5 Å². The van der Waals surface area contributed by atoms with Crippen molar-refractivity contribution in [3.8, 4) is 11.8 Å². The number of benzene rings is 1. The number of pyridine rings is 1. The van der Waals surface area contributed by atoms with E-state index in [1.165, 1.54) is 11.1 Å². The van der Waals surface area contributed by atoms with Gasteiger partial charge >= 0.3 is 0 Å². The molecule has 0 amide bonds. The van der Waals surface area contributed by atoms with Crippen LogP contribution < -0.4 is 10.4 Å². The highest BCUT2D eigenvalue weighted by molar-refractivity contribution is 5.57. The van der Waals surface area contributed by atoms with Gasteiger partial charge in [-0.15, -0.1) is 0 Å². The third-order valence-electron chi connectivity index (χ3n) is 4.28. The van der Waals surface area contributed by atoms with E-state index in [1.54, 1.807) is 12.6 Å². The molecule has 1 fully saturated rings. The first kappa shape index (κ1) is 17.2. The first-order chi connectivity index (χ1) is 12.3. The maximum absolute atomic E-state index is 5.16. The van der Waals surface area contributed by atoms with Gasteiger partial charge in [0.1, 0.15) is 0 Å². The quantitative estimate of drug-likeness (QED) is 0.693. The Morgan fingerprint density at radius 1 is 1.20 bits per heavy atom. The Balaban J connectivity index is 1.63. The summed E-state index contributed by atoms with van der Waals surface area (Å²) in [6.07, 6.45) is 5.96. The summed E-state index contributed by atoms with van der Waals surface area (Å²) in [5, 5.41) is 0. The molecule has 25 heavy (non-hydrogen) atoms. The largest absolute Gasteiger partial charge is 0.351 e. The second-order valence-corrected chi connectivity index (χ2v) is 6.20. The van der Waals surface area contributed by atoms with E-state index in [2.05, 4.69) is 52.9 Å². The van der Waals surface area contributed by atoms with Gasteiger partial charge in [0.15, 0.2) is 5.82 Å². The molecule has 1 aromatic heterocycles. The van der Waals surface area contributed by atoms with Crippen LogP contribution in [0.5, 0.6) is 0 Å². The smallest absolute Gasteiger partial charge is 0.204 e. The minimum Gasteiger partial charge on any atom is -0.351 e. The number of aryl methyl sites for hydroxylation is 1. The average Bonchev–Trinajstić information content (AvgIpc) is 2.63. The molecule has 2 heterocycles. The van der Waals surface area contributed by atoms with Crippen LogP contribution >= 0.6 is 0 Å². The summed E-state index contributed by atoms with van der Waals surface area (Å²) >= 11 is 0. The number of anilines is 1. The Bertz CT molecular complexity index is 807. The molecule has 128 valence electrons. The number of hydrogen-bond donors (Lipinski definition) is 1. The molecule has 0 bridgehead atoms. The van der Waals surface area contributed by atoms with Crippen LogP contribution in [-0.4, -0.2) is 25.2 Å². The highest BCUT2D eigenvalue weighted by Gasteiger charge is 2.19. The molecule has 4 nitrogen and oxygen atoms in total. The SMILES string of the molecule is CO[NH2+]c1cccnc1N1CCC(=CC#Cc2cccc(C)c2)CC1. The molecule has 0 atom stereocenters. The highest BCUT2D eigenvalue weighted by atomic mass is 16.6. The number of nitrogens with two attached hydrogens (primary N) is 1. The third kappa shape index (κ3) is 4.69. The van der Waals surface area contributed by atoms with Gasteiger partial charge < -0.3 is 4.90 Å². The second-order valence-electron chi connectivity index (χ2n) is 6.20. The fraction of sp³-hybridized carbons (Fsp3) is 0.286. The van der Waals surface area contributed by atoms with Crippen molar-refractivity contribution in [3.05, 3.63) is 65.4 Å². The summed E-state index contributed by atoms with van der Waals surface area (Å²) in [5.74, 6) is 7.43. The zero-order valence-electron chi connectivity index (χ0n) is 14.8. The number of hydrogen-bond acceptors (Lipinski definition) is 3. The molecule has 0 unspecified atom stereocenters. The van der Waals surface area contributed by atoms with Crippen LogP contribution in [0.25, 0.3) is 0 Å². The van der Waals surface area contributed by atoms with Crippen molar-refractivity contribution in [3.63, 3.8) is 0 Å². The van der Waals surface area contributed by atoms with Crippen molar-refractivity contribution in [2.24, 2.45) is 0 Å². The predicted molar refractivity (Wildman–Crippen MR) is 100 cm³/mol. The standard InChI is InChI=1S/C21H23N3O/c1-17-6-3-8-19(16-17)9-4-7-18-11-14-24(15-12-18)21-20(23-25-2)10-5-13-22-21/h3,5-8,10,13,16,23H,11-12,14-15H2,1-2H3/p+1. The summed E-state index contributed by atoms with van der Waals surface area (Å²) in [6.45, 7) is 4.01. The van der Waals surface area contributed by atoms with Crippen LogP contribution in [0.4, 0.5) is 11.5 Å². The maximum atomic E-state index is 5.16. The molecule has 3 rings (SSSR count). The summed E-state index contributed by atoms with van der Waals surface area (Å²) in [4.78, 5) is 12.0. The van der Waals surface area contributed by atoms with Gasteiger partial charge in [-0.3, -0.25) is 0 Å². The monoisotopic (exact) mass is 334 g/mol. The minimum absolute atomic E-state index is 0.958. The van der Waals surface area contributed by atoms with Crippen LogP contribution in [0.2, 0.25) is 0 Å². The molecule has 0 spiro atoms. The number of piperidine rings is 1. The molecule has 2 N–H and O–H groups in total. The summed E-state index contributed by atoms with van der Waals surface area (Å²) in [7, 11) is 1.67. The second kappa shape index (κ2) is 8.48. The Hall–Kier alpha value is -2.61. The van der Waals surface area contributed by atoms with Crippen LogP contribution in [0.1, 0.15) is 24.0 Å². The Morgan fingerprint density at radius 2 is 2.04 bits per heavy atom. The molecular weight excluding hydrogens is 310 g/mol. The lowest BCUT2D eigenvalue weighted by molar-refractivity contribution is -0.829. The molecule has 2 aromatic rings. The first-order valence-corrected chi connectivity index (χ1v) is 8.58. The molecule has 1 saturated heterocycles. The first-order valence-electron chi connectivity index (χ1n) is 8.58. The molecule has 1 aliphatic rings. The molecule has 0 saturated carbocycles. The number of allylic oxidation sites excluding steroid dienone is 1. The van der Waals surface area contributed by atoms with Gasteiger partial charge in [-0.05, 0) is 49.6 Å². The Kier molecular flexibility index (Phi) is 5.84. The lowest BCUT2D eigenvalue weighted by Gasteiger charge is -2.29. The zero-order chi connectivity index (χ0) is 17.5. The van der Waals surface area contributed by atoms with Crippen molar-refractivity contribution in [2.45, 2.75) is 19.8 Å². The molecule has 0 radical (unpaired) electrons. The van der Waals surface area contributed by atoms with Crippen molar-refractivity contribution in [1.29, 1.82) is 0 Å². The van der Waals surface area contributed by atoms with Crippen LogP contribution in [-0.2, 0) is 4.84 Å². The normalized spacial score (nSPS) is 14.0. The predicted octanol–water partition coefficient (Wildman–Crippen LogP) is 2.72. The van der Waals surface area contributed by atoms with E-state index in [-0.39, 0.29) is 0 Å². The number of rotatable bonds is 3. The summed E-state index contributed by atoms with van der Waals surface area (Å²) < 4.78 is 0. The van der Waals surface area contributed by atoms with E-state index in [4.69, 9.17) is 4.84 Å². The van der Waals surface area contributed by atoms with E-state index in [1.807, 2.05) is 24.4 Å². The van der Waals surface area contributed by atoms with Gasteiger partial charge in [-0.2, -0.15) is 5.48 Å². The molecule has 1 aromatic carbocycles. The van der Waals surface area contributed by atoms with Gasteiger partial charge in [0.05, 0.1) is 7.11 Å². The fourth-order valence-electron chi connectivity index (χ4n) is 2.99. The van der Waals surface area contributed by atoms with Crippen LogP contribution in [0, 0.1) is 18.8 Å². The van der Waals surface area contributed by atoms with Crippen molar-refractivity contribution >= 4 is 11.5 Å². The van der Waals surface area contributed by atoms with Crippen LogP contribution in [0.15, 0.2) is 54.2 Å². The highest BCUT2D eigenvalue weighted by Crippen LogP contribution is 2.24. The van der Waals surface area contributed by atoms with Gasteiger partial charge in [0.2, 0.25) is 5.69 Å². The number of nitrogens with zero attached hydrogens (tertiary/aromatic N) is 2. The lowest BCUT2D eigenvalue weighted by Crippen LogP contribution is -2.76. The van der Waals surface area contributed by atoms with Crippen molar-refractivity contribution in [1.82, 2.24) is 4.98 Å². The topological polar surface area (TPSA) is 42.0 Å². The Labute approximate surface area is 149 Å². The molecule has 4 heteroatoms.